The highest BCUT2D eigenvalue weighted by Crippen LogP contribution is 2.22. The fourth-order valence-corrected chi connectivity index (χ4v) is 2.80. The maximum absolute atomic E-state index is 12.1. The minimum atomic E-state index is -0.158. The second-order valence-corrected chi connectivity index (χ2v) is 6.37. The minimum Gasteiger partial charge on any atom is -0.326 e. The number of hydrogen-bond acceptors (Lipinski definition) is 3. The molecule has 0 aromatic heterocycles. The van der Waals surface area contributed by atoms with Gasteiger partial charge in [0.15, 0.2) is 0 Å². The van der Waals surface area contributed by atoms with Crippen molar-refractivity contribution in [1.82, 2.24) is 0 Å². The van der Waals surface area contributed by atoms with Crippen LogP contribution in [-0.4, -0.2) is 5.91 Å². The molecule has 0 fully saturated rings. The average molecular weight is 355 g/mol. The molecular weight excluding hydrogens is 340 g/mol. The van der Waals surface area contributed by atoms with Crippen molar-refractivity contribution in [2.24, 2.45) is 0 Å². The molecule has 0 aliphatic carbocycles. The first kappa shape index (κ1) is 16.4. The Labute approximate surface area is 150 Å². The number of rotatable bonds is 5. The van der Waals surface area contributed by atoms with Crippen molar-refractivity contribution in [3.05, 3.63) is 89.4 Å². The van der Waals surface area contributed by atoms with Gasteiger partial charge in [0.2, 0.25) is 0 Å². The molecular formula is C19H15ClN2OS. The Morgan fingerprint density at radius 2 is 1.46 bits per heavy atom. The van der Waals surface area contributed by atoms with Gasteiger partial charge < -0.3 is 10.0 Å². The fraction of sp³-hybridized carbons (Fsp3) is 0. The van der Waals surface area contributed by atoms with Crippen LogP contribution in [0.25, 0.3) is 0 Å². The third kappa shape index (κ3) is 4.54. The second-order valence-electron chi connectivity index (χ2n) is 5.06. The van der Waals surface area contributed by atoms with Crippen molar-refractivity contribution < 1.29 is 4.79 Å². The van der Waals surface area contributed by atoms with Crippen LogP contribution in [0.15, 0.2) is 83.8 Å². The van der Waals surface area contributed by atoms with Gasteiger partial charge in [-0.25, -0.2) is 0 Å². The van der Waals surface area contributed by atoms with E-state index in [1.807, 2.05) is 54.6 Å². The van der Waals surface area contributed by atoms with Gasteiger partial charge in [-0.2, -0.15) is 0 Å². The highest BCUT2D eigenvalue weighted by Gasteiger charge is 2.06. The Hall–Kier alpha value is -2.43. The average Bonchev–Trinajstić information content (AvgIpc) is 2.62. The molecule has 2 N–H and O–H groups in total. The van der Waals surface area contributed by atoms with Gasteiger partial charge in [0.25, 0.3) is 5.91 Å². The Morgan fingerprint density at radius 3 is 2.12 bits per heavy atom. The van der Waals surface area contributed by atoms with Gasteiger partial charge in [-0.1, -0.05) is 29.8 Å². The number of nitrogens with one attached hydrogen (secondary N) is 2. The maximum Gasteiger partial charge on any atom is 0.255 e. The quantitative estimate of drug-likeness (QED) is 0.576. The lowest BCUT2D eigenvalue weighted by molar-refractivity contribution is 0.102. The van der Waals surface area contributed by atoms with Crippen LogP contribution in [0, 0.1) is 0 Å². The monoisotopic (exact) mass is 354 g/mol. The lowest BCUT2D eigenvalue weighted by Gasteiger charge is -2.08. The van der Waals surface area contributed by atoms with E-state index in [9.17, 15) is 4.79 Å². The van der Waals surface area contributed by atoms with Gasteiger partial charge in [0, 0.05) is 26.9 Å². The van der Waals surface area contributed by atoms with E-state index < -0.39 is 0 Å². The molecule has 3 aromatic carbocycles. The zero-order valence-electron chi connectivity index (χ0n) is 12.7. The topological polar surface area (TPSA) is 41.1 Å². The molecule has 0 bridgehead atoms. The molecule has 0 aliphatic rings. The third-order valence-corrected chi connectivity index (χ3v) is 4.38. The summed E-state index contributed by atoms with van der Waals surface area (Å²) in [6.07, 6.45) is 0. The van der Waals surface area contributed by atoms with Gasteiger partial charge >= 0.3 is 0 Å². The predicted octanol–water partition coefficient (Wildman–Crippen LogP) is 5.71. The Balaban J connectivity index is 1.58. The molecule has 0 aliphatic heterocycles. The lowest BCUT2D eigenvalue weighted by atomic mass is 10.2. The van der Waals surface area contributed by atoms with Crippen molar-refractivity contribution in [2.45, 2.75) is 4.90 Å². The van der Waals surface area contributed by atoms with E-state index in [0.29, 0.717) is 10.6 Å². The molecule has 0 radical (unpaired) electrons. The van der Waals surface area contributed by atoms with Crippen LogP contribution in [0.5, 0.6) is 0 Å². The number of benzene rings is 3. The van der Waals surface area contributed by atoms with Crippen LogP contribution in [0.1, 0.15) is 10.4 Å². The van der Waals surface area contributed by atoms with Gasteiger partial charge in [-0.15, -0.1) is 0 Å². The number of carbonyl (C=O) groups excluding carboxylic acids is 1. The number of amides is 1. The first-order chi connectivity index (χ1) is 11.7. The smallest absolute Gasteiger partial charge is 0.255 e. The zero-order chi connectivity index (χ0) is 16.8. The van der Waals surface area contributed by atoms with Gasteiger partial charge in [-0.3, -0.25) is 4.79 Å². The van der Waals surface area contributed by atoms with E-state index in [-0.39, 0.29) is 5.91 Å². The normalized spacial score (nSPS) is 10.2. The predicted molar refractivity (Wildman–Crippen MR) is 102 cm³/mol. The Morgan fingerprint density at radius 1 is 0.792 bits per heavy atom. The summed E-state index contributed by atoms with van der Waals surface area (Å²) in [4.78, 5) is 13.2. The SMILES string of the molecule is O=C(Nc1ccc(SNc2ccccc2)cc1)c1ccc(Cl)cc1. The van der Waals surface area contributed by atoms with Crippen molar-refractivity contribution >= 4 is 40.8 Å². The summed E-state index contributed by atoms with van der Waals surface area (Å²) >= 11 is 7.35. The number of anilines is 2. The first-order valence-electron chi connectivity index (χ1n) is 7.35. The third-order valence-electron chi connectivity index (χ3n) is 3.28. The van der Waals surface area contributed by atoms with Crippen LogP contribution >= 0.6 is 23.5 Å². The van der Waals surface area contributed by atoms with E-state index in [1.165, 1.54) is 11.9 Å². The number of halogens is 1. The summed E-state index contributed by atoms with van der Waals surface area (Å²) in [6, 6.07) is 24.4. The van der Waals surface area contributed by atoms with Crippen LogP contribution in [0.4, 0.5) is 11.4 Å². The molecule has 1 amide bonds. The summed E-state index contributed by atoms with van der Waals surface area (Å²) in [5.74, 6) is -0.158. The number of para-hydroxylation sites is 1. The molecule has 0 saturated carbocycles. The summed E-state index contributed by atoms with van der Waals surface area (Å²) < 4.78 is 3.27. The van der Waals surface area contributed by atoms with E-state index >= 15 is 0 Å². The first-order valence-corrected chi connectivity index (χ1v) is 8.55. The molecule has 3 aromatic rings. The largest absolute Gasteiger partial charge is 0.326 e. The van der Waals surface area contributed by atoms with Crippen LogP contribution in [0.3, 0.4) is 0 Å². The highest BCUT2D eigenvalue weighted by molar-refractivity contribution is 8.00. The van der Waals surface area contributed by atoms with Crippen LogP contribution in [0.2, 0.25) is 5.02 Å². The highest BCUT2D eigenvalue weighted by atomic mass is 35.5. The fourth-order valence-electron chi connectivity index (χ4n) is 2.03. The molecule has 0 atom stereocenters. The summed E-state index contributed by atoms with van der Waals surface area (Å²) in [5.41, 5.74) is 2.37. The van der Waals surface area contributed by atoms with E-state index in [2.05, 4.69) is 10.0 Å². The molecule has 0 spiro atoms. The molecule has 0 unspecified atom stereocenters. The van der Waals surface area contributed by atoms with Crippen molar-refractivity contribution in [1.29, 1.82) is 0 Å². The molecule has 3 rings (SSSR count). The number of hydrogen-bond donors (Lipinski definition) is 2. The van der Waals surface area contributed by atoms with Crippen molar-refractivity contribution in [3.63, 3.8) is 0 Å². The lowest BCUT2D eigenvalue weighted by Crippen LogP contribution is -2.11. The zero-order valence-corrected chi connectivity index (χ0v) is 14.3. The van der Waals surface area contributed by atoms with Crippen molar-refractivity contribution in [2.75, 3.05) is 10.0 Å². The van der Waals surface area contributed by atoms with E-state index in [0.717, 1.165) is 16.3 Å². The van der Waals surface area contributed by atoms with Crippen LogP contribution in [-0.2, 0) is 0 Å². The molecule has 5 heteroatoms. The van der Waals surface area contributed by atoms with E-state index in [4.69, 9.17) is 11.6 Å². The standard InChI is InChI=1S/C19H15ClN2OS/c20-15-8-6-14(7-9-15)19(23)21-16-10-12-18(13-11-16)24-22-17-4-2-1-3-5-17/h1-13,22H,(H,21,23). The molecule has 0 saturated heterocycles. The summed E-state index contributed by atoms with van der Waals surface area (Å²) in [7, 11) is 0. The minimum absolute atomic E-state index is 0.158. The second kappa shape index (κ2) is 7.90. The van der Waals surface area contributed by atoms with Gasteiger partial charge in [0.1, 0.15) is 0 Å². The van der Waals surface area contributed by atoms with E-state index in [1.54, 1.807) is 24.3 Å². The van der Waals surface area contributed by atoms with Crippen molar-refractivity contribution in [3.8, 4) is 0 Å². The molecule has 3 nitrogen and oxygen atoms in total. The maximum atomic E-state index is 12.1. The van der Waals surface area contributed by atoms with Gasteiger partial charge in [0.05, 0.1) is 0 Å². The van der Waals surface area contributed by atoms with Gasteiger partial charge in [-0.05, 0) is 72.6 Å². The molecule has 120 valence electrons. The Bertz CT molecular complexity index is 805. The Kier molecular flexibility index (Phi) is 5.41. The van der Waals surface area contributed by atoms with Crippen LogP contribution < -0.4 is 10.0 Å². The summed E-state index contributed by atoms with van der Waals surface area (Å²) in [6.45, 7) is 0. The molecule has 24 heavy (non-hydrogen) atoms. The molecule has 0 heterocycles. The summed E-state index contributed by atoms with van der Waals surface area (Å²) in [5, 5.41) is 3.48. The number of carbonyl (C=O) groups is 1.